The van der Waals surface area contributed by atoms with Gasteiger partial charge in [0.1, 0.15) is 6.29 Å². The number of aldehydes is 1. The Balaban J connectivity index is 3.76. The molecule has 0 bridgehead atoms. The second-order valence-corrected chi connectivity index (χ2v) is 4.82. The van der Waals surface area contributed by atoms with E-state index in [9.17, 15) is 4.79 Å². The highest BCUT2D eigenvalue weighted by Gasteiger charge is 2.00. The standard InChI is InChI=1S/C14H26N2O/c1-13(2)14(3)7-6-8-15(4)9-10-16(5)11-12-17/h6-7,12-13H,3,8-11H2,1-2,4-5H3/b7-6+. The molecule has 3 nitrogen and oxygen atoms in total. The third-order valence-corrected chi connectivity index (χ3v) is 2.74. The van der Waals surface area contributed by atoms with Crippen LogP contribution in [0.25, 0.3) is 0 Å². The quantitative estimate of drug-likeness (QED) is 0.452. The van der Waals surface area contributed by atoms with Crippen LogP contribution < -0.4 is 0 Å². The van der Waals surface area contributed by atoms with E-state index < -0.39 is 0 Å². The number of likely N-dealkylation sites (N-methyl/N-ethyl adjacent to an activating group) is 2. The van der Waals surface area contributed by atoms with Gasteiger partial charge < -0.3 is 9.69 Å². The third kappa shape index (κ3) is 8.83. The molecule has 0 rings (SSSR count). The van der Waals surface area contributed by atoms with Gasteiger partial charge in [0, 0.05) is 19.6 Å². The van der Waals surface area contributed by atoms with Gasteiger partial charge >= 0.3 is 0 Å². The molecule has 0 aliphatic rings. The molecule has 0 unspecified atom stereocenters. The van der Waals surface area contributed by atoms with Gasteiger partial charge in [0.25, 0.3) is 0 Å². The maximum atomic E-state index is 10.3. The molecule has 3 heteroatoms. The molecular weight excluding hydrogens is 212 g/mol. The Morgan fingerprint density at radius 2 is 1.71 bits per heavy atom. The summed E-state index contributed by atoms with van der Waals surface area (Å²) < 4.78 is 0. The minimum atomic E-state index is 0.508. The molecule has 0 aromatic rings. The summed E-state index contributed by atoms with van der Waals surface area (Å²) >= 11 is 0. The van der Waals surface area contributed by atoms with Gasteiger partial charge in [-0.05, 0) is 20.0 Å². The number of hydrogen-bond donors (Lipinski definition) is 0. The fourth-order valence-corrected chi connectivity index (χ4v) is 1.23. The van der Waals surface area contributed by atoms with E-state index in [4.69, 9.17) is 0 Å². The van der Waals surface area contributed by atoms with E-state index in [0.29, 0.717) is 12.5 Å². The molecule has 17 heavy (non-hydrogen) atoms. The highest BCUT2D eigenvalue weighted by molar-refractivity contribution is 5.51. The predicted octanol–water partition coefficient (Wildman–Crippen LogP) is 1.82. The number of carbonyl (C=O) groups excluding carboxylic acids is 1. The molecule has 0 saturated heterocycles. The van der Waals surface area contributed by atoms with Crippen molar-refractivity contribution in [1.29, 1.82) is 0 Å². The molecule has 0 N–H and O–H groups in total. The number of carbonyl (C=O) groups is 1. The van der Waals surface area contributed by atoms with E-state index in [-0.39, 0.29) is 0 Å². The maximum absolute atomic E-state index is 10.3. The molecule has 0 aliphatic heterocycles. The average molecular weight is 238 g/mol. The van der Waals surface area contributed by atoms with Gasteiger partial charge in [-0.15, -0.1) is 0 Å². The minimum absolute atomic E-state index is 0.508. The number of allylic oxidation sites excluding steroid dienone is 2. The van der Waals surface area contributed by atoms with Crippen molar-refractivity contribution in [2.24, 2.45) is 5.92 Å². The summed E-state index contributed by atoms with van der Waals surface area (Å²) in [6, 6.07) is 0. The van der Waals surface area contributed by atoms with Gasteiger partial charge in [0.05, 0.1) is 6.54 Å². The van der Waals surface area contributed by atoms with Crippen LogP contribution in [0.5, 0.6) is 0 Å². The number of rotatable bonds is 9. The van der Waals surface area contributed by atoms with E-state index in [1.54, 1.807) is 0 Å². The zero-order valence-electron chi connectivity index (χ0n) is 11.6. The molecule has 98 valence electrons. The smallest absolute Gasteiger partial charge is 0.133 e. The van der Waals surface area contributed by atoms with Crippen molar-refractivity contribution in [1.82, 2.24) is 9.80 Å². The minimum Gasteiger partial charge on any atom is -0.302 e. The highest BCUT2D eigenvalue weighted by atomic mass is 16.1. The lowest BCUT2D eigenvalue weighted by atomic mass is 10.1. The van der Waals surface area contributed by atoms with Gasteiger partial charge in [-0.2, -0.15) is 0 Å². The summed E-state index contributed by atoms with van der Waals surface area (Å²) in [7, 11) is 4.04. The molecule has 0 spiro atoms. The van der Waals surface area contributed by atoms with Crippen molar-refractivity contribution in [3.8, 4) is 0 Å². The summed E-state index contributed by atoms with van der Waals surface area (Å²) in [6.45, 7) is 11.6. The summed E-state index contributed by atoms with van der Waals surface area (Å²) in [5, 5.41) is 0. The van der Waals surface area contributed by atoms with E-state index in [2.05, 4.69) is 44.5 Å². The van der Waals surface area contributed by atoms with Crippen LogP contribution in [0.1, 0.15) is 13.8 Å². The van der Waals surface area contributed by atoms with Crippen LogP contribution in [-0.4, -0.2) is 56.4 Å². The van der Waals surface area contributed by atoms with Gasteiger partial charge in [0.15, 0.2) is 0 Å². The SMILES string of the molecule is C=C(/C=C/CN(C)CCN(C)CC=O)C(C)C. The Hall–Kier alpha value is -0.930. The Labute approximate surface area is 106 Å². The fourth-order valence-electron chi connectivity index (χ4n) is 1.23. The molecule has 0 fully saturated rings. The lowest BCUT2D eigenvalue weighted by molar-refractivity contribution is -0.108. The zero-order chi connectivity index (χ0) is 13.3. The molecule has 0 amide bonds. The van der Waals surface area contributed by atoms with Crippen LogP contribution in [-0.2, 0) is 4.79 Å². The number of nitrogens with zero attached hydrogens (tertiary/aromatic N) is 2. The topological polar surface area (TPSA) is 23.6 Å². The predicted molar refractivity (Wildman–Crippen MR) is 74.2 cm³/mol. The van der Waals surface area contributed by atoms with Crippen LogP contribution in [0.3, 0.4) is 0 Å². The lowest BCUT2D eigenvalue weighted by Crippen LogP contribution is -2.31. The summed E-state index contributed by atoms with van der Waals surface area (Å²) in [5.41, 5.74) is 1.16. The van der Waals surface area contributed by atoms with Crippen LogP contribution in [0, 0.1) is 5.92 Å². The van der Waals surface area contributed by atoms with E-state index in [1.165, 1.54) is 0 Å². The molecule has 0 saturated carbocycles. The first kappa shape index (κ1) is 16.1. The number of hydrogen-bond acceptors (Lipinski definition) is 3. The van der Waals surface area contributed by atoms with E-state index in [0.717, 1.165) is 31.5 Å². The van der Waals surface area contributed by atoms with Crippen LogP contribution in [0.4, 0.5) is 0 Å². The van der Waals surface area contributed by atoms with Crippen LogP contribution in [0.2, 0.25) is 0 Å². The average Bonchev–Trinajstić information content (AvgIpc) is 2.26. The molecule has 0 heterocycles. The molecule has 0 aliphatic carbocycles. The van der Waals surface area contributed by atoms with Crippen molar-refractivity contribution < 1.29 is 4.79 Å². The summed E-state index contributed by atoms with van der Waals surface area (Å²) in [4.78, 5) is 14.5. The molecule has 0 aromatic heterocycles. The van der Waals surface area contributed by atoms with Crippen molar-refractivity contribution in [2.45, 2.75) is 13.8 Å². The second-order valence-electron chi connectivity index (χ2n) is 4.82. The Morgan fingerprint density at radius 1 is 1.18 bits per heavy atom. The van der Waals surface area contributed by atoms with Gasteiger partial charge in [-0.3, -0.25) is 4.90 Å². The van der Waals surface area contributed by atoms with Crippen LogP contribution in [0.15, 0.2) is 24.3 Å². The van der Waals surface area contributed by atoms with Crippen molar-refractivity contribution in [2.75, 3.05) is 40.3 Å². The first-order valence-corrected chi connectivity index (χ1v) is 6.13. The van der Waals surface area contributed by atoms with Crippen LogP contribution >= 0.6 is 0 Å². The lowest BCUT2D eigenvalue weighted by Gasteiger charge is -2.19. The van der Waals surface area contributed by atoms with Gasteiger partial charge in [-0.1, -0.05) is 38.2 Å². The summed E-state index contributed by atoms with van der Waals surface area (Å²) in [6.07, 6.45) is 5.17. The van der Waals surface area contributed by atoms with Crippen molar-refractivity contribution in [3.05, 3.63) is 24.3 Å². The normalized spacial score (nSPS) is 11.9. The zero-order valence-corrected chi connectivity index (χ0v) is 11.6. The van der Waals surface area contributed by atoms with Gasteiger partial charge in [0.2, 0.25) is 0 Å². The summed E-state index contributed by atoms with van der Waals surface area (Å²) in [5.74, 6) is 0.510. The van der Waals surface area contributed by atoms with E-state index >= 15 is 0 Å². The molecule has 0 atom stereocenters. The Kier molecular flexibility index (Phi) is 8.64. The van der Waals surface area contributed by atoms with Gasteiger partial charge in [-0.25, -0.2) is 0 Å². The molecule has 0 aromatic carbocycles. The first-order valence-electron chi connectivity index (χ1n) is 6.13. The monoisotopic (exact) mass is 238 g/mol. The second kappa shape index (κ2) is 9.14. The van der Waals surface area contributed by atoms with Crippen molar-refractivity contribution in [3.63, 3.8) is 0 Å². The Morgan fingerprint density at radius 3 is 2.18 bits per heavy atom. The fraction of sp³-hybridized carbons (Fsp3) is 0.643. The maximum Gasteiger partial charge on any atom is 0.133 e. The molecule has 0 radical (unpaired) electrons. The third-order valence-electron chi connectivity index (χ3n) is 2.74. The first-order chi connectivity index (χ1) is 7.97. The molecular formula is C14H26N2O. The highest BCUT2D eigenvalue weighted by Crippen LogP contribution is 2.07. The van der Waals surface area contributed by atoms with Crippen molar-refractivity contribution >= 4 is 6.29 Å². The Bertz CT molecular complexity index is 259. The van der Waals surface area contributed by atoms with E-state index in [1.807, 2.05) is 11.9 Å². The largest absolute Gasteiger partial charge is 0.302 e.